The molecule has 0 aliphatic rings. The van der Waals surface area contributed by atoms with E-state index in [1.54, 1.807) is 31.3 Å². The van der Waals surface area contributed by atoms with Crippen molar-refractivity contribution in [2.75, 3.05) is 25.6 Å². The lowest BCUT2D eigenvalue weighted by Crippen LogP contribution is -2.04. The third-order valence-electron chi connectivity index (χ3n) is 5.13. The number of aromatic nitrogens is 2. The van der Waals surface area contributed by atoms with Gasteiger partial charge in [0.25, 0.3) is 0 Å². The minimum Gasteiger partial charge on any atom is -0.491 e. The first-order valence-electron chi connectivity index (χ1n) is 10.8. The summed E-state index contributed by atoms with van der Waals surface area (Å²) in [7, 11) is 1.69. The molecule has 0 amide bonds. The summed E-state index contributed by atoms with van der Waals surface area (Å²) in [5, 5.41) is 36.0. The maximum atomic E-state index is 10.1. The number of aliphatic hydroxyl groups excluding tert-OH is 1. The molecule has 0 saturated heterocycles. The lowest BCUT2D eigenvalue weighted by Gasteiger charge is -2.15. The summed E-state index contributed by atoms with van der Waals surface area (Å²) in [6.07, 6.45) is 0. The molecule has 0 aliphatic carbocycles. The van der Waals surface area contributed by atoms with Crippen molar-refractivity contribution in [2.24, 2.45) is 0 Å². The Morgan fingerprint density at radius 3 is 2.36 bits per heavy atom. The van der Waals surface area contributed by atoms with Crippen LogP contribution < -0.4 is 10.1 Å². The summed E-state index contributed by atoms with van der Waals surface area (Å²) in [6, 6.07) is 19.0. The minimum absolute atomic E-state index is 0.0877. The second kappa shape index (κ2) is 11.9. The molecule has 2 aromatic carbocycles. The van der Waals surface area contributed by atoms with E-state index in [1.165, 1.54) is 23.1 Å². The van der Waals surface area contributed by atoms with Crippen molar-refractivity contribution in [3.05, 3.63) is 75.8 Å². The molecule has 0 atom stereocenters. The summed E-state index contributed by atoms with van der Waals surface area (Å²) >= 11 is 8.92. The van der Waals surface area contributed by atoms with Gasteiger partial charge in [-0.2, -0.15) is 10.5 Å². The van der Waals surface area contributed by atoms with Crippen LogP contribution >= 0.6 is 34.7 Å². The van der Waals surface area contributed by atoms with Crippen LogP contribution in [0.4, 0.5) is 5.82 Å². The number of nitrogens with one attached hydrogen (secondary N) is 1. The lowest BCUT2D eigenvalue weighted by atomic mass is 9.96. The van der Waals surface area contributed by atoms with Crippen LogP contribution in [0.3, 0.4) is 0 Å². The maximum Gasteiger partial charge on any atom is 0.145 e. The highest BCUT2D eigenvalue weighted by molar-refractivity contribution is 7.98. The van der Waals surface area contributed by atoms with Crippen molar-refractivity contribution < 1.29 is 9.84 Å². The van der Waals surface area contributed by atoms with Gasteiger partial charge in [-0.15, -0.1) is 11.3 Å². The van der Waals surface area contributed by atoms with Crippen LogP contribution in [0.15, 0.2) is 58.9 Å². The molecule has 7 nitrogen and oxygen atoms in total. The normalized spacial score (nSPS) is 10.5. The second-order valence-corrected chi connectivity index (χ2v) is 9.66. The van der Waals surface area contributed by atoms with Gasteiger partial charge in [0.1, 0.15) is 45.9 Å². The van der Waals surface area contributed by atoms with E-state index >= 15 is 0 Å². The standard InChI is InChI=1S/C26H20ClN5O2S2/c1-30-24-21(12-28)23(16-4-8-20(9-5-16)34-11-10-33)22(13-29)26(32-24)36-15-19-14-35-25(31-19)17-2-6-18(27)7-3-17/h2-9,14,33H,10-11,15H2,1H3,(H,30,32). The van der Waals surface area contributed by atoms with Crippen molar-refractivity contribution in [3.8, 4) is 39.6 Å². The fraction of sp³-hybridized carbons (Fsp3) is 0.154. The van der Waals surface area contributed by atoms with E-state index < -0.39 is 0 Å². The average molecular weight is 534 g/mol. The van der Waals surface area contributed by atoms with Crippen molar-refractivity contribution in [2.45, 2.75) is 10.8 Å². The topological polar surface area (TPSA) is 115 Å². The van der Waals surface area contributed by atoms with Crippen LogP contribution in [0.1, 0.15) is 16.8 Å². The van der Waals surface area contributed by atoms with Gasteiger partial charge >= 0.3 is 0 Å². The quantitative estimate of drug-likeness (QED) is 0.253. The number of thioether (sulfide) groups is 1. The molecule has 0 unspecified atom stereocenters. The summed E-state index contributed by atoms with van der Waals surface area (Å²) in [4.78, 5) is 9.30. The molecule has 0 fully saturated rings. The Bertz CT molecular complexity index is 1440. The van der Waals surface area contributed by atoms with Gasteiger partial charge in [0.2, 0.25) is 0 Å². The van der Waals surface area contributed by atoms with Crippen molar-refractivity contribution in [3.63, 3.8) is 0 Å². The monoisotopic (exact) mass is 533 g/mol. The molecular formula is C26H20ClN5O2S2. The highest BCUT2D eigenvalue weighted by Crippen LogP contribution is 2.38. The smallest absolute Gasteiger partial charge is 0.145 e. The lowest BCUT2D eigenvalue weighted by molar-refractivity contribution is 0.201. The van der Waals surface area contributed by atoms with Gasteiger partial charge in [-0.3, -0.25) is 0 Å². The van der Waals surface area contributed by atoms with Gasteiger partial charge < -0.3 is 15.2 Å². The molecule has 2 heterocycles. The largest absolute Gasteiger partial charge is 0.491 e. The van der Waals surface area contributed by atoms with E-state index in [9.17, 15) is 10.5 Å². The summed E-state index contributed by atoms with van der Waals surface area (Å²) < 4.78 is 5.43. The molecular weight excluding hydrogens is 514 g/mol. The predicted molar refractivity (Wildman–Crippen MR) is 143 cm³/mol. The van der Waals surface area contributed by atoms with Crippen LogP contribution in [0.25, 0.3) is 21.7 Å². The zero-order chi connectivity index (χ0) is 25.5. The molecule has 36 heavy (non-hydrogen) atoms. The number of thiazole rings is 1. The fourth-order valence-corrected chi connectivity index (χ4v) is 5.41. The molecule has 10 heteroatoms. The molecule has 2 N–H and O–H groups in total. The first kappa shape index (κ1) is 25.5. The van der Waals surface area contributed by atoms with Crippen LogP contribution in [0.2, 0.25) is 5.02 Å². The Kier molecular flexibility index (Phi) is 8.42. The Balaban J connectivity index is 1.66. The van der Waals surface area contributed by atoms with Crippen LogP contribution in [-0.4, -0.2) is 35.3 Å². The highest BCUT2D eigenvalue weighted by atomic mass is 35.5. The average Bonchev–Trinajstić information content (AvgIpc) is 3.39. The van der Waals surface area contributed by atoms with Gasteiger partial charge in [0.05, 0.1) is 17.9 Å². The number of ether oxygens (including phenoxy) is 1. The number of hydrogen-bond donors (Lipinski definition) is 2. The van der Waals surface area contributed by atoms with Crippen LogP contribution in [-0.2, 0) is 5.75 Å². The van der Waals surface area contributed by atoms with Gasteiger partial charge in [0.15, 0.2) is 0 Å². The van der Waals surface area contributed by atoms with Crippen molar-refractivity contribution >= 4 is 40.5 Å². The zero-order valence-electron chi connectivity index (χ0n) is 19.2. The zero-order valence-corrected chi connectivity index (χ0v) is 21.5. The number of pyridine rings is 1. The maximum absolute atomic E-state index is 10.1. The summed E-state index contributed by atoms with van der Waals surface area (Å²) in [5.41, 5.74) is 3.67. The summed E-state index contributed by atoms with van der Waals surface area (Å²) in [5.74, 6) is 1.49. The SMILES string of the molecule is CNc1nc(SCc2csc(-c3ccc(Cl)cc3)n2)c(C#N)c(-c2ccc(OCCO)cc2)c1C#N. The van der Waals surface area contributed by atoms with E-state index in [1.807, 2.05) is 29.6 Å². The van der Waals surface area contributed by atoms with E-state index in [2.05, 4.69) is 22.4 Å². The van der Waals surface area contributed by atoms with E-state index in [-0.39, 0.29) is 13.2 Å². The molecule has 0 aliphatic heterocycles. The number of aliphatic hydroxyl groups is 1. The molecule has 0 radical (unpaired) electrons. The highest BCUT2D eigenvalue weighted by Gasteiger charge is 2.21. The number of nitrogens with zero attached hydrogens (tertiary/aromatic N) is 4. The number of nitriles is 2. The predicted octanol–water partition coefficient (Wildman–Crippen LogP) is 5.97. The van der Waals surface area contributed by atoms with Crippen LogP contribution in [0, 0.1) is 22.7 Å². The molecule has 180 valence electrons. The fourth-order valence-electron chi connectivity index (χ4n) is 3.47. The van der Waals surface area contributed by atoms with Crippen molar-refractivity contribution in [1.29, 1.82) is 10.5 Å². The van der Waals surface area contributed by atoms with E-state index in [4.69, 9.17) is 26.4 Å². The van der Waals surface area contributed by atoms with Crippen LogP contribution in [0.5, 0.6) is 5.75 Å². The first-order chi connectivity index (χ1) is 17.6. The number of halogens is 1. The Hall–Kier alpha value is -3.60. The second-order valence-electron chi connectivity index (χ2n) is 7.40. The Labute approximate surface area is 222 Å². The molecule has 0 saturated carbocycles. The number of anilines is 1. The number of benzene rings is 2. The Morgan fingerprint density at radius 1 is 1.03 bits per heavy atom. The van der Waals surface area contributed by atoms with Gasteiger partial charge in [-0.1, -0.05) is 47.6 Å². The third-order valence-corrected chi connectivity index (χ3v) is 7.33. The number of rotatable bonds is 9. The third kappa shape index (κ3) is 5.62. The molecule has 0 bridgehead atoms. The van der Waals surface area contributed by atoms with E-state index in [0.717, 1.165) is 16.3 Å². The van der Waals surface area contributed by atoms with Crippen molar-refractivity contribution in [1.82, 2.24) is 9.97 Å². The van der Waals surface area contributed by atoms with Gasteiger partial charge in [-0.05, 0) is 29.8 Å². The van der Waals surface area contributed by atoms with Gasteiger partial charge in [0, 0.05) is 34.3 Å². The van der Waals surface area contributed by atoms with Gasteiger partial charge in [-0.25, -0.2) is 9.97 Å². The minimum atomic E-state index is -0.0877. The molecule has 4 rings (SSSR count). The first-order valence-corrected chi connectivity index (χ1v) is 13.1. The van der Waals surface area contributed by atoms with E-state index in [0.29, 0.717) is 49.6 Å². The summed E-state index contributed by atoms with van der Waals surface area (Å²) in [6.45, 7) is 0.0953. The molecule has 0 spiro atoms. The number of hydrogen-bond acceptors (Lipinski definition) is 9. The Morgan fingerprint density at radius 2 is 1.72 bits per heavy atom. The molecule has 4 aromatic rings. The molecule has 2 aromatic heterocycles.